The second-order valence-electron chi connectivity index (χ2n) is 4.45. The molecule has 0 N–H and O–H groups in total. The topological polar surface area (TPSA) is 53.3 Å². The first-order valence-electron chi connectivity index (χ1n) is 6.49. The number of aromatic nitrogens is 2. The highest BCUT2D eigenvalue weighted by Gasteiger charge is 2.17. The average molecular weight is 274 g/mol. The lowest BCUT2D eigenvalue weighted by atomic mass is 10.2. The number of benzene rings is 1. The third-order valence-corrected chi connectivity index (χ3v) is 2.92. The molecule has 2 rings (SSSR count). The first-order valence-corrected chi connectivity index (χ1v) is 6.49. The molecule has 0 saturated heterocycles. The minimum atomic E-state index is -0.372. The van der Waals surface area contributed by atoms with Gasteiger partial charge < -0.3 is 9.47 Å². The van der Waals surface area contributed by atoms with Crippen LogP contribution in [0.1, 0.15) is 28.5 Å². The summed E-state index contributed by atoms with van der Waals surface area (Å²) in [6.45, 7) is 4.39. The number of carbonyl (C=O) groups excluding carboxylic acids is 1. The van der Waals surface area contributed by atoms with E-state index in [9.17, 15) is 4.79 Å². The number of carbonyl (C=O) groups is 1. The second-order valence-corrected chi connectivity index (χ2v) is 4.45. The fourth-order valence-corrected chi connectivity index (χ4v) is 1.87. The van der Waals surface area contributed by atoms with E-state index in [1.807, 2.05) is 31.2 Å². The molecule has 0 spiro atoms. The first kappa shape index (κ1) is 14.1. The maximum atomic E-state index is 11.8. The molecule has 0 aliphatic heterocycles. The van der Waals surface area contributed by atoms with Gasteiger partial charge in [0.15, 0.2) is 0 Å². The van der Waals surface area contributed by atoms with Crippen molar-refractivity contribution in [1.82, 2.24) is 9.78 Å². The van der Waals surface area contributed by atoms with Gasteiger partial charge >= 0.3 is 5.97 Å². The maximum absolute atomic E-state index is 11.8. The highest BCUT2D eigenvalue weighted by atomic mass is 16.5. The molecule has 20 heavy (non-hydrogen) atoms. The smallest absolute Gasteiger partial charge is 0.341 e. The van der Waals surface area contributed by atoms with Crippen molar-refractivity contribution in [3.63, 3.8) is 0 Å². The molecule has 0 atom stereocenters. The predicted molar refractivity (Wildman–Crippen MR) is 74.7 cm³/mol. The normalized spacial score (nSPS) is 10.3. The maximum Gasteiger partial charge on any atom is 0.341 e. The van der Waals surface area contributed by atoms with Crippen molar-refractivity contribution in [2.45, 2.75) is 20.5 Å². The van der Waals surface area contributed by atoms with Crippen LogP contribution in [0.3, 0.4) is 0 Å². The molecule has 1 aromatic carbocycles. The van der Waals surface area contributed by atoms with Crippen molar-refractivity contribution >= 4 is 5.97 Å². The average Bonchev–Trinajstić information content (AvgIpc) is 2.78. The summed E-state index contributed by atoms with van der Waals surface area (Å²) in [7, 11) is 1.78. The minimum Gasteiger partial charge on any atom is -0.487 e. The second kappa shape index (κ2) is 6.23. The van der Waals surface area contributed by atoms with Crippen molar-refractivity contribution in [1.29, 1.82) is 0 Å². The van der Waals surface area contributed by atoms with Gasteiger partial charge in [-0.3, -0.25) is 4.68 Å². The van der Waals surface area contributed by atoms with Crippen molar-refractivity contribution < 1.29 is 14.3 Å². The summed E-state index contributed by atoms with van der Waals surface area (Å²) in [4.78, 5) is 11.8. The van der Waals surface area contributed by atoms with Crippen LogP contribution in [0.4, 0.5) is 0 Å². The van der Waals surface area contributed by atoms with Crippen LogP contribution in [0.2, 0.25) is 0 Å². The molecule has 2 aromatic rings. The summed E-state index contributed by atoms with van der Waals surface area (Å²) in [5.41, 5.74) is 2.27. The monoisotopic (exact) mass is 274 g/mol. The first-order chi connectivity index (χ1) is 9.61. The molecule has 0 amide bonds. The Balaban J connectivity index is 2.13. The van der Waals surface area contributed by atoms with E-state index in [1.165, 1.54) is 6.20 Å². The van der Waals surface area contributed by atoms with Gasteiger partial charge in [-0.1, -0.05) is 12.1 Å². The van der Waals surface area contributed by atoms with Gasteiger partial charge in [0.2, 0.25) is 0 Å². The Morgan fingerprint density at radius 3 is 2.90 bits per heavy atom. The summed E-state index contributed by atoms with van der Waals surface area (Å²) in [5, 5.41) is 4.09. The largest absolute Gasteiger partial charge is 0.487 e. The van der Waals surface area contributed by atoms with E-state index in [1.54, 1.807) is 18.7 Å². The molecule has 0 bridgehead atoms. The minimum absolute atomic E-state index is 0.272. The van der Waals surface area contributed by atoms with E-state index in [2.05, 4.69) is 5.10 Å². The Kier molecular flexibility index (Phi) is 4.40. The lowest BCUT2D eigenvalue weighted by molar-refractivity contribution is 0.0523. The lowest BCUT2D eigenvalue weighted by Gasteiger charge is -2.09. The quantitative estimate of drug-likeness (QED) is 0.786. The fraction of sp³-hybridized carbons (Fsp3) is 0.333. The molecule has 0 unspecified atom stereocenters. The van der Waals surface area contributed by atoms with Crippen LogP contribution in [0, 0.1) is 6.92 Å². The molecule has 1 heterocycles. The Bertz CT molecular complexity index is 605. The van der Waals surface area contributed by atoms with Crippen LogP contribution in [0.15, 0.2) is 30.5 Å². The van der Waals surface area contributed by atoms with Crippen molar-refractivity contribution in [3.05, 3.63) is 47.3 Å². The van der Waals surface area contributed by atoms with Crippen molar-refractivity contribution in [2.75, 3.05) is 6.61 Å². The zero-order valence-electron chi connectivity index (χ0n) is 11.9. The van der Waals surface area contributed by atoms with E-state index in [4.69, 9.17) is 9.47 Å². The van der Waals surface area contributed by atoms with E-state index >= 15 is 0 Å². The van der Waals surface area contributed by atoms with Gasteiger partial charge in [0.25, 0.3) is 0 Å². The fourth-order valence-electron chi connectivity index (χ4n) is 1.87. The predicted octanol–water partition coefficient (Wildman–Crippen LogP) is 2.48. The van der Waals surface area contributed by atoms with E-state index in [-0.39, 0.29) is 12.6 Å². The number of aryl methyl sites for hydroxylation is 2. The van der Waals surface area contributed by atoms with Crippen LogP contribution < -0.4 is 4.74 Å². The molecule has 106 valence electrons. The van der Waals surface area contributed by atoms with Gasteiger partial charge in [-0.25, -0.2) is 4.79 Å². The van der Waals surface area contributed by atoms with Crippen molar-refractivity contribution in [2.24, 2.45) is 7.05 Å². The van der Waals surface area contributed by atoms with Crippen LogP contribution in [-0.2, 0) is 18.4 Å². The number of nitrogens with zero attached hydrogens (tertiary/aromatic N) is 2. The summed E-state index contributed by atoms with van der Waals surface area (Å²) in [6, 6.07) is 7.76. The molecule has 5 nitrogen and oxygen atoms in total. The third-order valence-electron chi connectivity index (χ3n) is 2.92. The van der Waals surface area contributed by atoms with Crippen LogP contribution in [0.5, 0.6) is 5.75 Å². The summed E-state index contributed by atoms with van der Waals surface area (Å²) in [5.74, 6) is 0.393. The van der Waals surface area contributed by atoms with E-state index in [0.717, 1.165) is 11.3 Å². The highest BCUT2D eigenvalue weighted by molar-refractivity contribution is 5.90. The lowest BCUT2D eigenvalue weighted by Crippen LogP contribution is -2.11. The number of ether oxygens (including phenoxy) is 2. The molecule has 5 heteroatoms. The Labute approximate surface area is 118 Å². The zero-order valence-corrected chi connectivity index (χ0v) is 11.9. The van der Waals surface area contributed by atoms with Gasteiger partial charge in [-0.2, -0.15) is 5.10 Å². The highest BCUT2D eigenvalue weighted by Crippen LogP contribution is 2.16. The molecular formula is C15H18N2O3. The molecule has 0 aliphatic rings. The van der Waals surface area contributed by atoms with Crippen LogP contribution >= 0.6 is 0 Å². The standard InChI is InChI=1S/C15H18N2O3/c1-4-19-15(18)13-9-16-17(3)14(13)10-20-12-7-5-6-11(2)8-12/h5-9H,4,10H2,1-3H3. The van der Waals surface area contributed by atoms with Crippen molar-refractivity contribution in [3.8, 4) is 5.75 Å². The van der Waals surface area contributed by atoms with Gasteiger partial charge in [0.1, 0.15) is 17.9 Å². The number of esters is 1. The summed E-state index contributed by atoms with van der Waals surface area (Å²) in [6.07, 6.45) is 1.51. The van der Waals surface area contributed by atoms with Gasteiger partial charge in [-0.15, -0.1) is 0 Å². The van der Waals surface area contributed by atoms with Crippen LogP contribution in [0.25, 0.3) is 0 Å². The SMILES string of the molecule is CCOC(=O)c1cnn(C)c1COc1cccc(C)c1. The zero-order chi connectivity index (χ0) is 14.5. The van der Waals surface area contributed by atoms with Gasteiger partial charge in [0.05, 0.1) is 18.5 Å². The molecular weight excluding hydrogens is 256 g/mol. The summed E-state index contributed by atoms with van der Waals surface area (Å²) < 4.78 is 12.3. The molecule has 1 aromatic heterocycles. The Hall–Kier alpha value is -2.30. The van der Waals surface area contributed by atoms with E-state index in [0.29, 0.717) is 17.9 Å². The molecule has 0 saturated carbocycles. The Morgan fingerprint density at radius 2 is 2.20 bits per heavy atom. The molecule has 0 fully saturated rings. The number of hydrogen-bond acceptors (Lipinski definition) is 4. The summed E-state index contributed by atoms with van der Waals surface area (Å²) >= 11 is 0. The van der Waals surface area contributed by atoms with Gasteiger partial charge in [-0.05, 0) is 31.5 Å². The number of rotatable bonds is 5. The molecule has 0 radical (unpaired) electrons. The van der Waals surface area contributed by atoms with Crippen LogP contribution in [-0.4, -0.2) is 22.4 Å². The molecule has 0 aliphatic carbocycles. The number of hydrogen-bond donors (Lipinski definition) is 0. The van der Waals surface area contributed by atoms with E-state index < -0.39 is 0 Å². The Morgan fingerprint density at radius 1 is 1.40 bits per heavy atom. The third kappa shape index (κ3) is 3.17. The van der Waals surface area contributed by atoms with Gasteiger partial charge in [0, 0.05) is 7.05 Å².